The van der Waals surface area contributed by atoms with Gasteiger partial charge in [0.1, 0.15) is 15.8 Å². The van der Waals surface area contributed by atoms with E-state index in [-0.39, 0.29) is 0 Å². The number of pyridine rings is 2. The second kappa shape index (κ2) is 2.72. The second-order valence-corrected chi connectivity index (χ2v) is 4.34. The van der Waals surface area contributed by atoms with Crippen molar-refractivity contribution in [1.82, 2.24) is 9.97 Å². The lowest BCUT2D eigenvalue weighted by Crippen LogP contribution is -1.88. The molecule has 68 valence electrons. The summed E-state index contributed by atoms with van der Waals surface area (Å²) in [5.74, 6) is 0. The highest BCUT2D eigenvalue weighted by molar-refractivity contribution is 7.85. The molecule has 0 aromatic carbocycles. The Morgan fingerprint density at radius 1 is 1.07 bits per heavy atom. The molecule has 3 rings (SSSR count). The molecule has 3 heterocycles. The molecule has 4 heteroatoms. The van der Waals surface area contributed by atoms with Crippen LogP contribution >= 0.6 is 0 Å². The third kappa shape index (κ3) is 0.886. The van der Waals surface area contributed by atoms with Gasteiger partial charge in [0.15, 0.2) is 0 Å². The summed E-state index contributed by atoms with van der Waals surface area (Å²) < 4.78 is 11.9. The number of hydrogen-bond donors (Lipinski definition) is 0. The van der Waals surface area contributed by atoms with Crippen LogP contribution in [0.25, 0.3) is 11.3 Å². The van der Waals surface area contributed by atoms with Gasteiger partial charge in [-0.15, -0.1) is 0 Å². The van der Waals surface area contributed by atoms with Crippen molar-refractivity contribution in [1.29, 1.82) is 0 Å². The topological polar surface area (TPSA) is 42.9 Å². The van der Waals surface area contributed by atoms with E-state index in [1.54, 1.807) is 18.5 Å². The summed E-state index contributed by atoms with van der Waals surface area (Å²) in [7, 11) is -1.15. The molecule has 0 N–H and O–H groups in total. The van der Waals surface area contributed by atoms with Crippen molar-refractivity contribution >= 4 is 10.8 Å². The first kappa shape index (κ1) is 7.82. The minimum absolute atomic E-state index is 0.626. The molecule has 0 saturated carbocycles. The first-order valence-electron chi connectivity index (χ1n) is 4.20. The Kier molecular flexibility index (Phi) is 1.52. The van der Waals surface area contributed by atoms with Gasteiger partial charge >= 0.3 is 0 Å². The maximum atomic E-state index is 11.9. The number of nitrogens with zero attached hydrogens (tertiary/aromatic N) is 2. The van der Waals surface area contributed by atoms with E-state index >= 15 is 0 Å². The van der Waals surface area contributed by atoms with E-state index in [9.17, 15) is 4.21 Å². The van der Waals surface area contributed by atoms with Crippen LogP contribution in [0.5, 0.6) is 0 Å². The summed E-state index contributed by atoms with van der Waals surface area (Å²) in [6, 6.07) is 7.36. The maximum Gasteiger partial charge on any atom is 0.141 e. The highest BCUT2D eigenvalue weighted by Gasteiger charge is 2.26. The predicted octanol–water partition coefficient (Wildman–Crippen LogP) is 1.62. The van der Waals surface area contributed by atoms with Crippen molar-refractivity contribution in [2.45, 2.75) is 9.92 Å². The molecule has 1 aliphatic heterocycles. The lowest BCUT2D eigenvalue weighted by molar-refractivity contribution is 0.682. The molecule has 2 aromatic heterocycles. The van der Waals surface area contributed by atoms with Crippen LogP contribution < -0.4 is 0 Å². The van der Waals surface area contributed by atoms with E-state index in [0.717, 1.165) is 16.2 Å². The smallest absolute Gasteiger partial charge is 0.141 e. The number of hydrogen-bond acceptors (Lipinski definition) is 3. The molecular weight excluding hydrogens is 196 g/mol. The van der Waals surface area contributed by atoms with Gasteiger partial charge in [0.2, 0.25) is 0 Å². The van der Waals surface area contributed by atoms with Crippen LogP contribution in [0.2, 0.25) is 0 Å². The van der Waals surface area contributed by atoms with Gasteiger partial charge in [-0.05, 0) is 24.3 Å². The normalized spacial score (nSPS) is 17.6. The van der Waals surface area contributed by atoms with Crippen LogP contribution in [0.3, 0.4) is 0 Å². The molecule has 1 unspecified atom stereocenters. The molecule has 0 bridgehead atoms. The Labute approximate surface area is 83.3 Å². The molecule has 1 aliphatic rings. The fourth-order valence-corrected chi connectivity index (χ4v) is 2.84. The second-order valence-electron chi connectivity index (χ2n) is 2.97. The zero-order valence-corrected chi connectivity index (χ0v) is 7.99. The molecule has 3 nitrogen and oxygen atoms in total. The summed E-state index contributed by atoms with van der Waals surface area (Å²) >= 11 is 0. The number of aromatic nitrogens is 2. The van der Waals surface area contributed by atoms with Gasteiger partial charge in [-0.25, -0.2) is 9.19 Å². The van der Waals surface area contributed by atoms with E-state index in [0.29, 0.717) is 5.03 Å². The molecule has 0 aliphatic carbocycles. The van der Waals surface area contributed by atoms with Crippen molar-refractivity contribution < 1.29 is 4.21 Å². The minimum atomic E-state index is -1.15. The number of rotatable bonds is 0. The van der Waals surface area contributed by atoms with Crippen LogP contribution in [-0.2, 0) is 10.8 Å². The molecule has 0 saturated heterocycles. The van der Waals surface area contributed by atoms with Crippen molar-refractivity contribution in [2.75, 3.05) is 0 Å². The van der Waals surface area contributed by atoms with E-state index in [1.165, 1.54) is 0 Å². The standard InChI is InChI=1S/C10H6N2OS/c13-14-8-4-2-5-11-9(8)7-3-1-6-12-10(7)14/h1-6H. The Bertz CT molecular complexity index is 492. The van der Waals surface area contributed by atoms with Crippen LogP contribution in [-0.4, -0.2) is 14.2 Å². The average molecular weight is 202 g/mol. The van der Waals surface area contributed by atoms with Gasteiger partial charge in [-0.2, -0.15) is 0 Å². The molecule has 0 spiro atoms. The molecule has 2 aromatic rings. The fourth-order valence-electron chi connectivity index (χ4n) is 1.57. The molecule has 0 fully saturated rings. The summed E-state index contributed by atoms with van der Waals surface area (Å²) in [5, 5.41) is 0.626. The number of fused-ring (bicyclic) bond motifs is 3. The highest BCUT2D eigenvalue weighted by atomic mass is 32.2. The Morgan fingerprint density at radius 2 is 1.86 bits per heavy atom. The van der Waals surface area contributed by atoms with Crippen LogP contribution in [0.4, 0.5) is 0 Å². The SMILES string of the molecule is O=S1c2cccnc2-c2cccnc21. The zero-order valence-electron chi connectivity index (χ0n) is 7.18. The summed E-state index contributed by atoms with van der Waals surface area (Å²) in [6.45, 7) is 0. The van der Waals surface area contributed by atoms with Crippen molar-refractivity contribution in [3.8, 4) is 11.3 Å². The Balaban J connectivity index is 2.42. The van der Waals surface area contributed by atoms with E-state index in [1.807, 2.05) is 18.2 Å². The van der Waals surface area contributed by atoms with Crippen molar-refractivity contribution in [3.63, 3.8) is 0 Å². The lowest BCUT2D eigenvalue weighted by Gasteiger charge is -1.94. The summed E-state index contributed by atoms with van der Waals surface area (Å²) in [4.78, 5) is 9.10. The largest absolute Gasteiger partial charge is 0.255 e. The lowest BCUT2D eigenvalue weighted by atomic mass is 10.2. The molecular formula is C10H6N2OS. The fraction of sp³-hybridized carbons (Fsp3) is 0. The van der Waals surface area contributed by atoms with E-state index < -0.39 is 10.8 Å². The average Bonchev–Trinajstić information content (AvgIpc) is 2.55. The zero-order chi connectivity index (χ0) is 9.54. The van der Waals surface area contributed by atoms with E-state index in [4.69, 9.17) is 0 Å². The minimum Gasteiger partial charge on any atom is -0.255 e. The molecule has 1 atom stereocenters. The monoisotopic (exact) mass is 202 g/mol. The van der Waals surface area contributed by atoms with Crippen molar-refractivity contribution in [2.24, 2.45) is 0 Å². The Morgan fingerprint density at radius 3 is 2.79 bits per heavy atom. The first-order chi connectivity index (χ1) is 6.88. The van der Waals surface area contributed by atoms with Gasteiger partial charge in [0.05, 0.1) is 10.6 Å². The molecule has 0 amide bonds. The summed E-state index contributed by atoms with van der Waals surface area (Å²) in [5.41, 5.74) is 1.69. The van der Waals surface area contributed by atoms with Crippen LogP contribution in [0.1, 0.15) is 0 Å². The Hall–Kier alpha value is -1.55. The molecule has 14 heavy (non-hydrogen) atoms. The first-order valence-corrected chi connectivity index (χ1v) is 5.35. The third-order valence-corrected chi connectivity index (χ3v) is 3.58. The molecule has 0 radical (unpaired) electrons. The van der Waals surface area contributed by atoms with Crippen LogP contribution in [0, 0.1) is 0 Å². The van der Waals surface area contributed by atoms with Gasteiger partial charge < -0.3 is 0 Å². The van der Waals surface area contributed by atoms with Crippen molar-refractivity contribution in [3.05, 3.63) is 36.7 Å². The predicted molar refractivity (Wildman–Crippen MR) is 52.1 cm³/mol. The summed E-state index contributed by atoms with van der Waals surface area (Å²) in [6.07, 6.45) is 3.36. The third-order valence-electron chi connectivity index (χ3n) is 2.17. The van der Waals surface area contributed by atoms with E-state index in [2.05, 4.69) is 9.97 Å². The van der Waals surface area contributed by atoms with Crippen LogP contribution in [0.15, 0.2) is 46.6 Å². The van der Waals surface area contributed by atoms with Gasteiger partial charge in [-0.1, -0.05) is 0 Å². The van der Waals surface area contributed by atoms with Gasteiger partial charge in [0, 0.05) is 18.0 Å². The maximum absolute atomic E-state index is 11.9. The quantitative estimate of drug-likeness (QED) is 0.556. The van der Waals surface area contributed by atoms with Gasteiger partial charge in [-0.3, -0.25) is 4.98 Å². The van der Waals surface area contributed by atoms with Gasteiger partial charge in [0.25, 0.3) is 0 Å². The highest BCUT2D eigenvalue weighted by Crippen LogP contribution is 2.36.